The fraction of sp³-hybridized carbons (Fsp3) is 0.633. The smallest absolute Gasteiger partial charge is 0.417 e. The average Bonchev–Trinajstić information content (AvgIpc) is 3.49. The van der Waals surface area contributed by atoms with Crippen LogP contribution in [0.4, 0.5) is 19.2 Å². The van der Waals surface area contributed by atoms with Crippen LogP contribution >= 0.6 is 30.4 Å². The Kier molecular flexibility index (Phi) is 38.8. The van der Waals surface area contributed by atoms with Crippen molar-refractivity contribution in [3.63, 3.8) is 0 Å². The second kappa shape index (κ2) is 41.3. The molecule has 2 saturated heterocycles. The molecule has 1 aromatic rings. The zero-order valence-electron chi connectivity index (χ0n) is 48.5. The van der Waals surface area contributed by atoms with Crippen molar-refractivity contribution in [2.24, 2.45) is 0 Å². The molecule has 1 aromatic heterocycles. The lowest BCUT2D eigenvalue weighted by Crippen LogP contribution is -2.44. The summed E-state index contributed by atoms with van der Waals surface area (Å²) < 4.78 is 112. The summed E-state index contributed by atoms with van der Waals surface area (Å²) in [6.07, 6.45) is 17.7. The van der Waals surface area contributed by atoms with Crippen molar-refractivity contribution in [1.82, 2.24) is 24.6 Å². The summed E-state index contributed by atoms with van der Waals surface area (Å²) in [5, 5.41) is 0. The van der Waals surface area contributed by atoms with Gasteiger partial charge in [0.1, 0.15) is 11.4 Å². The Bertz CT molecular complexity index is 2210. The van der Waals surface area contributed by atoms with Crippen molar-refractivity contribution in [3.05, 3.63) is 79.6 Å². The SMILES string of the molecule is CCOC(=O)N1C=CC(P(=O)(OC)OC)C=C1.CCOC(=O)N1C=CC=CC1P(=O)(OC)OC.CCOC(=O)N1CCC(P(=O)(OC)OC)CC1.CCOC(=O)N1CCCCC1P(=O)(OC)OC.CCOC(C)=O.c1ccncc1. The molecule has 0 spiro atoms. The van der Waals surface area contributed by atoms with Gasteiger partial charge in [0, 0.05) is 114 Å². The summed E-state index contributed by atoms with van der Waals surface area (Å²) in [5.74, 6) is -1.55. The molecular formula is C49H85N5O22P4. The van der Waals surface area contributed by atoms with Crippen molar-refractivity contribution >= 4 is 60.7 Å². The number of likely N-dealkylation sites (tertiary alicyclic amines) is 2. The lowest BCUT2D eigenvalue weighted by Gasteiger charge is -2.37. The van der Waals surface area contributed by atoms with E-state index in [0.717, 1.165) is 12.8 Å². The van der Waals surface area contributed by atoms with Crippen LogP contribution in [0.25, 0.3) is 0 Å². The summed E-state index contributed by atoms with van der Waals surface area (Å²) in [5.41, 5.74) is -0.633. The molecule has 80 heavy (non-hydrogen) atoms. The number of piperidine rings is 2. The highest BCUT2D eigenvalue weighted by molar-refractivity contribution is 7.55. The predicted molar refractivity (Wildman–Crippen MR) is 298 cm³/mol. The standard InChI is InChI=1S/C10H20NO5P.C10H16NO5P.C10H20NO5P.C10H16NO5P.C5H5N.C4H8O2/c2*1-4-16-10(12)11-7-5-9(6-8-11)17(13,14-2)15-3;2*1-4-16-10(12)11-8-6-5-7-9(11)17(13,14-2)15-3;1-2-4-6-5-3-1;1-3-6-4(2)5/h9H,4-8H2,1-3H3;5-9H,4H2,1-3H3;9H,4-8H2,1-3H3;5-9H,4H2,1-3H3;1-5H;3H2,1-2H3. The van der Waals surface area contributed by atoms with Gasteiger partial charge in [-0.3, -0.25) is 42.7 Å². The van der Waals surface area contributed by atoms with Crippen LogP contribution in [0.2, 0.25) is 0 Å². The Hall–Kier alpha value is -4.74. The number of rotatable bonds is 17. The number of ether oxygens (including phenoxy) is 5. The van der Waals surface area contributed by atoms with Gasteiger partial charge < -0.3 is 64.8 Å². The Balaban J connectivity index is 0.000000970. The van der Waals surface area contributed by atoms with Crippen LogP contribution in [0.1, 0.15) is 73.6 Å². The molecule has 0 aromatic carbocycles. The largest absolute Gasteiger partial charge is 0.466 e. The number of esters is 1. The topological polar surface area (TPSA) is 299 Å². The zero-order chi connectivity index (χ0) is 60.8. The third-order valence-electron chi connectivity index (χ3n) is 11.2. The minimum Gasteiger partial charge on any atom is -0.466 e. The molecule has 0 saturated carbocycles. The molecule has 0 bridgehead atoms. The predicted octanol–water partition coefficient (Wildman–Crippen LogP) is 10.9. The van der Waals surface area contributed by atoms with Gasteiger partial charge >= 0.3 is 60.7 Å². The van der Waals surface area contributed by atoms with Gasteiger partial charge in [-0.1, -0.05) is 12.1 Å². The van der Waals surface area contributed by atoms with Gasteiger partial charge in [-0.2, -0.15) is 0 Å². The zero-order valence-corrected chi connectivity index (χ0v) is 52.1. The Morgan fingerprint density at radius 1 is 0.487 bits per heavy atom. The van der Waals surface area contributed by atoms with Crippen LogP contribution < -0.4 is 0 Å². The monoisotopic (exact) mass is 1220 g/mol. The van der Waals surface area contributed by atoms with Crippen molar-refractivity contribution in [2.45, 2.75) is 96.5 Å². The first-order valence-electron chi connectivity index (χ1n) is 25.4. The van der Waals surface area contributed by atoms with Gasteiger partial charge in [0.25, 0.3) is 0 Å². The highest BCUT2D eigenvalue weighted by atomic mass is 31.2. The number of allylic oxidation sites excluding steroid dienone is 4. The molecule has 4 aliphatic rings. The molecule has 5 rings (SSSR count). The summed E-state index contributed by atoms with van der Waals surface area (Å²) >= 11 is 0. The van der Waals surface area contributed by atoms with Gasteiger partial charge in [0.05, 0.1) is 38.7 Å². The van der Waals surface area contributed by atoms with Crippen LogP contribution in [-0.2, 0) is 82.9 Å². The van der Waals surface area contributed by atoms with E-state index in [1.807, 2.05) is 18.2 Å². The molecule has 458 valence electrons. The van der Waals surface area contributed by atoms with E-state index < -0.39 is 65.9 Å². The lowest BCUT2D eigenvalue weighted by atomic mass is 10.1. The molecule has 0 N–H and O–H groups in total. The number of carbonyl (C=O) groups excluding carboxylic acids is 5. The van der Waals surface area contributed by atoms with E-state index in [-0.39, 0.29) is 24.3 Å². The van der Waals surface area contributed by atoms with Crippen LogP contribution in [0.5, 0.6) is 0 Å². The van der Waals surface area contributed by atoms with Gasteiger partial charge in [-0.25, -0.2) is 19.2 Å². The maximum atomic E-state index is 12.3. The molecule has 2 unspecified atom stereocenters. The molecule has 2 atom stereocenters. The number of aromatic nitrogens is 1. The van der Waals surface area contributed by atoms with E-state index in [4.69, 9.17) is 55.1 Å². The summed E-state index contributed by atoms with van der Waals surface area (Å²) in [6.45, 7) is 13.4. The molecular weight excluding hydrogens is 1130 g/mol. The van der Waals surface area contributed by atoms with Crippen LogP contribution in [0.15, 0.2) is 79.6 Å². The van der Waals surface area contributed by atoms with Gasteiger partial charge in [0.2, 0.25) is 0 Å². The maximum Gasteiger partial charge on any atom is 0.417 e. The highest BCUT2D eigenvalue weighted by Crippen LogP contribution is 2.57. The van der Waals surface area contributed by atoms with Gasteiger partial charge in [-0.15, -0.1) is 0 Å². The second-order valence-corrected chi connectivity index (χ2v) is 25.6. The molecule has 5 heterocycles. The average molecular weight is 1220 g/mol. The number of amides is 4. The Morgan fingerprint density at radius 3 is 1.36 bits per heavy atom. The number of carbonyl (C=O) groups is 5. The fourth-order valence-corrected chi connectivity index (χ4v) is 13.0. The lowest BCUT2D eigenvalue weighted by molar-refractivity contribution is -0.140. The van der Waals surface area contributed by atoms with E-state index in [9.17, 15) is 42.2 Å². The first-order chi connectivity index (χ1) is 38.1. The van der Waals surface area contributed by atoms with Crippen LogP contribution in [0, 0.1) is 0 Å². The minimum absolute atomic E-state index is 0.136. The third-order valence-corrected chi connectivity index (χ3v) is 20.1. The molecule has 0 aliphatic carbocycles. The van der Waals surface area contributed by atoms with Crippen molar-refractivity contribution in [2.75, 3.05) is 110 Å². The summed E-state index contributed by atoms with van der Waals surface area (Å²) in [6, 6.07) is 5.72. The quantitative estimate of drug-likeness (QED) is 0.0795. The summed E-state index contributed by atoms with van der Waals surface area (Å²) in [7, 11) is -2.20. The normalized spacial score (nSPS) is 17.2. The second-order valence-electron chi connectivity index (χ2n) is 15.9. The van der Waals surface area contributed by atoms with Crippen LogP contribution in [0.3, 0.4) is 0 Å². The van der Waals surface area contributed by atoms with Gasteiger partial charge in [0.15, 0.2) is 5.78 Å². The molecule has 4 amide bonds. The maximum absolute atomic E-state index is 12.3. The van der Waals surface area contributed by atoms with E-state index in [2.05, 4.69) is 9.72 Å². The Morgan fingerprint density at radius 2 is 0.950 bits per heavy atom. The minimum atomic E-state index is -3.40. The number of nitrogens with zero attached hydrogens (tertiary/aromatic N) is 5. The molecule has 4 aliphatic heterocycles. The van der Waals surface area contributed by atoms with E-state index in [1.54, 1.807) is 82.3 Å². The molecule has 27 nitrogen and oxygen atoms in total. The van der Waals surface area contributed by atoms with E-state index >= 15 is 0 Å². The summed E-state index contributed by atoms with van der Waals surface area (Å²) in [4.78, 5) is 65.4. The van der Waals surface area contributed by atoms with Crippen molar-refractivity contribution < 1.29 is 102 Å². The molecule has 31 heteroatoms. The third kappa shape index (κ3) is 25.6. The molecule has 0 radical (unpaired) electrons. The van der Waals surface area contributed by atoms with Crippen molar-refractivity contribution in [1.29, 1.82) is 0 Å². The van der Waals surface area contributed by atoms with Crippen LogP contribution in [-0.4, -0.2) is 187 Å². The number of pyridine rings is 1. The molecule has 2 fully saturated rings. The van der Waals surface area contributed by atoms with E-state index in [0.29, 0.717) is 65.3 Å². The highest BCUT2D eigenvalue weighted by Gasteiger charge is 2.43. The fourth-order valence-electron chi connectivity index (χ4n) is 7.17. The number of hydrogen-bond donors (Lipinski definition) is 0. The Labute approximate surface area is 471 Å². The van der Waals surface area contributed by atoms with E-state index in [1.165, 1.54) is 97.1 Å². The number of hydrogen-bond acceptors (Lipinski definition) is 23. The van der Waals surface area contributed by atoms with Gasteiger partial charge in [-0.05, 0) is 103 Å². The first kappa shape index (κ1) is 75.3. The first-order valence-corrected chi connectivity index (χ1v) is 31.8. The van der Waals surface area contributed by atoms with Crippen molar-refractivity contribution in [3.8, 4) is 0 Å².